The summed E-state index contributed by atoms with van der Waals surface area (Å²) in [5.74, 6) is 0. The Morgan fingerprint density at radius 3 is 2.64 bits per heavy atom. The molecule has 0 aromatic rings. The van der Waals surface area contributed by atoms with Crippen molar-refractivity contribution >= 4 is 0 Å². The Kier molecular flexibility index (Phi) is 3.79. The van der Waals surface area contributed by atoms with Gasteiger partial charge in [0.05, 0.1) is 0 Å². The van der Waals surface area contributed by atoms with Crippen LogP contribution in [0.2, 0.25) is 0 Å². The van der Waals surface area contributed by atoms with Gasteiger partial charge in [-0.3, -0.25) is 4.90 Å². The monoisotopic (exact) mass is 197 g/mol. The molecule has 1 N–H and O–H groups in total. The van der Waals surface area contributed by atoms with Crippen molar-refractivity contribution < 1.29 is 0 Å². The number of hydrogen-bond acceptors (Lipinski definition) is 3. The summed E-state index contributed by atoms with van der Waals surface area (Å²) in [7, 11) is 2.22. The summed E-state index contributed by atoms with van der Waals surface area (Å²) in [6.07, 6.45) is 4.17. The van der Waals surface area contributed by atoms with E-state index in [0.29, 0.717) is 0 Å². The van der Waals surface area contributed by atoms with Gasteiger partial charge in [0, 0.05) is 38.8 Å². The standard InChI is InChI=1S/C11H23N3/c1-13-6-8-14(9-7-13)11-4-2-3-5-12-10-11/h11-12H,2-10H2,1H3. The van der Waals surface area contributed by atoms with Gasteiger partial charge in [-0.05, 0) is 26.4 Å². The molecular formula is C11H23N3. The highest BCUT2D eigenvalue weighted by molar-refractivity contribution is 4.80. The van der Waals surface area contributed by atoms with Gasteiger partial charge in [-0.2, -0.15) is 0 Å². The van der Waals surface area contributed by atoms with Crippen LogP contribution >= 0.6 is 0 Å². The summed E-state index contributed by atoms with van der Waals surface area (Å²) in [6, 6.07) is 0.811. The fourth-order valence-electron chi connectivity index (χ4n) is 2.50. The molecule has 1 unspecified atom stereocenters. The minimum Gasteiger partial charge on any atom is -0.315 e. The van der Waals surface area contributed by atoms with Crippen LogP contribution in [-0.4, -0.2) is 62.2 Å². The van der Waals surface area contributed by atoms with E-state index >= 15 is 0 Å². The molecular weight excluding hydrogens is 174 g/mol. The molecule has 0 spiro atoms. The molecule has 3 heteroatoms. The molecule has 1 atom stereocenters. The zero-order valence-electron chi connectivity index (χ0n) is 9.34. The summed E-state index contributed by atoms with van der Waals surface area (Å²) in [5, 5.41) is 3.55. The van der Waals surface area contributed by atoms with Gasteiger partial charge in [0.1, 0.15) is 0 Å². The van der Waals surface area contributed by atoms with Gasteiger partial charge in [-0.15, -0.1) is 0 Å². The SMILES string of the molecule is CN1CCN(C2CCCCNC2)CC1. The van der Waals surface area contributed by atoms with E-state index in [2.05, 4.69) is 22.2 Å². The van der Waals surface area contributed by atoms with Crippen LogP contribution in [-0.2, 0) is 0 Å². The second kappa shape index (κ2) is 5.10. The topological polar surface area (TPSA) is 18.5 Å². The molecule has 2 saturated heterocycles. The molecule has 0 aliphatic carbocycles. The van der Waals surface area contributed by atoms with E-state index in [-0.39, 0.29) is 0 Å². The minimum absolute atomic E-state index is 0.811. The first-order valence-electron chi connectivity index (χ1n) is 5.99. The first-order valence-corrected chi connectivity index (χ1v) is 5.99. The van der Waals surface area contributed by atoms with Crippen LogP contribution in [0, 0.1) is 0 Å². The van der Waals surface area contributed by atoms with E-state index in [9.17, 15) is 0 Å². The Morgan fingerprint density at radius 2 is 1.86 bits per heavy atom. The van der Waals surface area contributed by atoms with Crippen molar-refractivity contribution in [3.05, 3.63) is 0 Å². The lowest BCUT2D eigenvalue weighted by Gasteiger charge is -2.37. The molecule has 82 valence electrons. The predicted molar refractivity (Wildman–Crippen MR) is 59.6 cm³/mol. The molecule has 14 heavy (non-hydrogen) atoms. The number of nitrogens with one attached hydrogen (secondary N) is 1. The molecule has 0 radical (unpaired) electrons. The average molecular weight is 197 g/mol. The molecule has 0 aromatic carbocycles. The second-order valence-corrected chi connectivity index (χ2v) is 4.69. The van der Waals surface area contributed by atoms with Crippen molar-refractivity contribution in [1.82, 2.24) is 15.1 Å². The van der Waals surface area contributed by atoms with E-state index in [4.69, 9.17) is 0 Å². The number of rotatable bonds is 1. The largest absolute Gasteiger partial charge is 0.315 e. The average Bonchev–Trinajstić information content (AvgIpc) is 2.47. The number of nitrogens with zero attached hydrogens (tertiary/aromatic N) is 2. The quantitative estimate of drug-likeness (QED) is 0.655. The van der Waals surface area contributed by atoms with E-state index in [1.165, 1.54) is 58.5 Å². The van der Waals surface area contributed by atoms with Gasteiger partial charge in [0.25, 0.3) is 0 Å². The maximum absolute atomic E-state index is 3.55. The highest BCUT2D eigenvalue weighted by atomic mass is 15.3. The number of likely N-dealkylation sites (N-methyl/N-ethyl adjacent to an activating group) is 1. The van der Waals surface area contributed by atoms with Gasteiger partial charge < -0.3 is 10.2 Å². The lowest BCUT2D eigenvalue weighted by Crippen LogP contribution is -2.51. The van der Waals surface area contributed by atoms with Crippen molar-refractivity contribution in [2.24, 2.45) is 0 Å². The Morgan fingerprint density at radius 1 is 1.07 bits per heavy atom. The van der Waals surface area contributed by atoms with Gasteiger partial charge in [0.2, 0.25) is 0 Å². The normalized spacial score (nSPS) is 32.8. The van der Waals surface area contributed by atoms with Crippen molar-refractivity contribution in [1.29, 1.82) is 0 Å². The van der Waals surface area contributed by atoms with E-state index in [0.717, 1.165) is 6.04 Å². The van der Waals surface area contributed by atoms with Gasteiger partial charge >= 0.3 is 0 Å². The lowest BCUT2D eigenvalue weighted by molar-refractivity contribution is 0.108. The predicted octanol–water partition coefficient (Wildman–Crippen LogP) is 0.376. The van der Waals surface area contributed by atoms with Crippen LogP contribution < -0.4 is 5.32 Å². The van der Waals surface area contributed by atoms with Crippen molar-refractivity contribution in [2.45, 2.75) is 25.3 Å². The van der Waals surface area contributed by atoms with Crippen LogP contribution in [0.25, 0.3) is 0 Å². The Bertz CT molecular complexity index is 156. The Hall–Kier alpha value is -0.120. The molecule has 3 nitrogen and oxygen atoms in total. The molecule has 2 heterocycles. The molecule has 0 amide bonds. The highest BCUT2D eigenvalue weighted by Crippen LogP contribution is 2.13. The summed E-state index contributed by atoms with van der Waals surface area (Å²) in [5.41, 5.74) is 0. The van der Waals surface area contributed by atoms with Crippen LogP contribution in [0.4, 0.5) is 0 Å². The Labute approximate surface area is 87.4 Å². The molecule has 2 aliphatic rings. The van der Waals surface area contributed by atoms with E-state index in [1.807, 2.05) is 0 Å². The first-order chi connectivity index (χ1) is 6.86. The summed E-state index contributed by atoms with van der Waals surface area (Å²) < 4.78 is 0. The summed E-state index contributed by atoms with van der Waals surface area (Å²) >= 11 is 0. The van der Waals surface area contributed by atoms with Crippen LogP contribution in [0.3, 0.4) is 0 Å². The highest BCUT2D eigenvalue weighted by Gasteiger charge is 2.22. The Balaban J connectivity index is 1.81. The summed E-state index contributed by atoms with van der Waals surface area (Å²) in [6.45, 7) is 7.46. The number of piperazine rings is 1. The summed E-state index contributed by atoms with van der Waals surface area (Å²) in [4.78, 5) is 5.11. The van der Waals surface area contributed by atoms with Crippen molar-refractivity contribution in [3.8, 4) is 0 Å². The second-order valence-electron chi connectivity index (χ2n) is 4.69. The van der Waals surface area contributed by atoms with E-state index < -0.39 is 0 Å². The molecule has 2 aliphatic heterocycles. The first kappa shape index (κ1) is 10.4. The van der Waals surface area contributed by atoms with Gasteiger partial charge in [-0.25, -0.2) is 0 Å². The minimum atomic E-state index is 0.811. The van der Waals surface area contributed by atoms with E-state index in [1.54, 1.807) is 0 Å². The van der Waals surface area contributed by atoms with Gasteiger partial charge in [-0.1, -0.05) is 6.42 Å². The smallest absolute Gasteiger partial charge is 0.0221 e. The zero-order chi connectivity index (χ0) is 9.80. The molecule has 2 rings (SSSR count). The molecule has 2 fully saturated rings. The third kappa shape index (κ3) is 2.69. The van der Waals surface area contributed by atoms with Crippen LogP contribution in [0.15, 0.2) is 0 Å². The third-order valence-electron chi connectivity index (χ3n) is 3.58. The van der Waals surface area contributed by atoms with Gasteiger partial charge in [0.15, 0.2) is 0 Å². The fraction of sp³-hybridized carbons (Fsp3) is 1.00. The maximum atomic E-state index is 3.55. The third-order valence-corrected chi connectivity index (χ3v) is 3.58. The van der Waals surface area contributed by atoms with Crippen LogP contribution in [0.5, 0.6) is 0 Å². The zero-order valence-corrected chi connectivity index (χ0v) is 9.34. The molecule has 0 saturated carbocycles. The molecule has 0 bridgehead atoms. The number of hydrogen-bond donors (Lipinski definition) is 1. The van der Waals surface area contributed by atoms with Crippen molar-refractivity contribution in [3.63, 3.8) is 0 Å². The fourth-order valence-corrected chi connectivity index (χ4v) is 2.50. The maximum Gasteiger partial charge on any atom is 0.0221 e. The van der Waals surface area contributed by atoms with Crippen molar-refractivity contribution in [2.75, 3.05) is 46.3 Å². The lowest BCUT2D eigenvalue weighted by atomic mass is 10.1. The molecule has 0 aromatic heterocycles. The van der Waals surface area contributed by atoms with Crippen LogP contribution in [0.1, 0.15) is 19.3 Å².